The van der Waals surface area contributed by atoms with Gasteiger partial charge in [-0.05, 0) is 29.8 Å². The van der Waals surface area contributed by atoms with E-state index in [1.165, 1.54) is 16.7 Å². The fourth-order valence-corrected chi connectivity index (χ4v) is 3.61. The first-order valence-electron chi connectivity index (χ1n) is 6.34. The summed E-state index contributed by atoms with van der Waals surface area (Å²) in [4.78, 5) is 14.6. The molecular formula is C16H9Cl2NOS2. The lowest BCUT2D eigenvalue weighted by atomic mass is 10.2. The summed E-state index contributed by atoms with van der Waals surface area (Å²) in [6.07, 6.45) is 1.83. The highest BCUT2D eigenvalue weighted by molar-refractivity contribution is 8.27. The highest BCUT2D eigenvalue weighted by Crippen LogP contribution is 2.37. The average molecular weight is 366 g/mol. The normalized spacial score (nSPS) is 16.6. The lowest BCUT2D eigenvalue weighted by molar-refractivity contribution is -0.113. The number of carbonyl (C=O) groups excluding carboxylic acids is 1. The first kappa shape index (κ1) is 15.6. The molecule has 2 nitrogen and oxygen atoms in total. The van der Waals surface area contributed by atoms with Crippen molar-refractivity contribution in [3.63, 3.8) is 0 Å². The second-order valence-electron chi connectivity index (χ2n) is 4.53. The van der Waals surface area contributed by atoms with Crippen LogP contribution >= 0.6 is 47.2 Å². The third kappa shape index (κ3) is 3.06. The van der Waals surface area contributed by atoms with E-state index in [0.717, 1.165) is 5.56 Å². The third-order valence-corrected chi connectivity index (χ3v) is 5.09. The number of hydrogen-bond acceptors (Lipinski definition) is 3. The van der Waals surface area contributed by atoms with Gasteiger partial charge in [-0.1, -0.05) is 77.5 Å². The van der Waals surface area contributed by atoms with E-state index in [9.17, 15) is 4.79 Å². The highest BCUT2D eigenvalue weighted by Gasteiger charge is 2.33. The van der Waals surface area contributed by atoms with Crippen molar-refractivity contribution < 1.29 is 4.79 Å². The molecule has 0 unspecified atom stereocenters. The van der Waals surface area contributed by atoms with Gasteiger partial charge in [-0.15, -0.1) is 0 Å². The number of thioether (sulfide) groups is 1. The van der Waals surface area contributed by atoms with Crippen LogP contribution < -0.4 is 4.90 Å². The molecule has 110 valence electrons. The van der Waals surface area contributed by atoms with Gasteiger partial charge >= 0.3 is 0 Å². The van der Waals surface area contributed by atoms with Gasteiger partial charge in [0.1, 0.15) is 0 Å². The number of anilines is 1. The van der Waals surface area contributed by atoms with Crippen LogP contribution in [0.5, 0.6) is 0 Å². The van der Waals surface area contributed by atoms with Gasteiger partial charge in [0.2, 0.25) is 0 Å². The van der Waals surface area contributed by atoms with Gasteiger partial charge in [0.05, 0.1) is 20.6 Å². The molecule has 1 fully saturated rings. The Morgan fingerprint density at radius 1 is 1.05 bits per heavy atom. The molecule has 2 aromatic rings. The Bertz CT molecular complexity index is 790. The van der Waals surface area contributed by atoms with E-state index in [2.05, 4.69) is 0 Å². The Labute approximate surface area is 147 Å². The quantitative estimate of drug-likeness (QED) is 0.524. The molecule has 6 heteroatoms. The predicted molar refractivity (Wildman–Crippen MR) is 98.6 cm³/mol. The van der Waals surface area contributed by atoms with Crippen LogP contribution in [0, 0.1) is 0 Å². The van der Waals surface area contributed by atoms with Crippen LogP contribution in [0.25, 0.3) is 6.08 Å². The van der Waals surface area contributed by atoms with Crippen LogP contribution in [0.15, 0.2) is 53.4 Å². The van der Waals surface area contributed by atoms with Crippen molar-refractivity contribution in [2.45, 2.75) is 0 Å². The minimum atomic E-state index is -0.155. The predicted octanol–water partition coefficient (Wildman–Crippen LogP) is 5.40. The number of halogens is 2. The molecule has 0 N–H and O–H groups in total. The largest absolute Gasteiger partial charge is 0.270 e. The van der Waals surface area contributed by atoms with Crippen molar-refractivity contribution in [2.75, 3.05) is 4.90 Å². The van der Waals surface area contributed by atoms with Gasteiger partial charge in [-0.25, -0.2) is 0 Å². The molecule has 2 aromatic carbocycles. The number of benzene rings is 2. The van der Waals surface area contributed by atoms with Crippen LogP contribution in [0.4, 0.5) is 5.69 Å². The van der Waals surface area contributed by atoms with E-state index >= 15 is 0 Å². The Balaban J connectivity index is 1.95. The SMILES string of the molecule is O=C1C(=Cc2ccccc2)SC(=S)N1c1ccc(Cl)c(Cl)c1. The summed E-state index contributed by atoms with van der Waals surface area (Å²) in [5.74, 6) is -0.155. The van der Waals surface area contributed by atoms with Gasteiger partial charge in [0, 0.05) is 0 Å². The van der Waals surface area contributed by atoms with E-state index in [-0.39, 0.29) is 5.91 Å². The summed E-state index contributed by atoms with van der Waals surface area (Å²) in [5.41, 5.74) is 1.57. The van der Waals surface area contributed by atoms with Crippen molar-refractivity contribution in [3.05, 3.63) is 69.0 Å². The maximum atomic E-state index is 12.6. The zero-order valence-electron chi connectivity index (χ0n) is 11.1. The minimum absolute atomic E-state index is 0.155. The van der Waals surface area contributed by atoms with E-state index in [1.54, 1.807) is 18.2 Å². The molecule has 1 amide bonds. The van der Waals surface area contributed by atoms with Gasteiger partial charge in [-0.2, -0.15) is 0 Å². The standard InChI is InChI=1S/C16H9Cl2NOS2/c17-12-7-6-11(9-13(12)18)19-15(20)14(22-16(19)21)8-10-4-2-1-3-5-10/h1-9H. The molecule has 1 heterocycles. The van der Waals surface area contributed by atoms with E-state index in [0.29, 0.717) is 25.0 Å². The smallest absolute Gasteiger partial charge is 0.268 e. The Morgan fingerprint density at radius 2 is 1.77 bits per heavy atom. The van der Waals surface area contributed by atoms with Crippen LogP contribution in [-0.2, 0) is 4.79 Å². The molecule has 3 rings (SSSR count). The Morgan fingerprint density at radius 3 is 2.45 bits per heavy atom. The number of hydrogen-bond donors (Lipinski definition) is 0. The zero-order chi connectivity index (χ0) is 15.7. The molecule has 0 atom stereocenters. The molecule has 1 aliphatic heterocycles. The topological polar surface area (TPSA) is 20.3 Å². The van der Waals surface area contributed by atoms with Crippen molar-refractivity contribution in [3.8, 4) is 0 Å². The van der Waals surface area contributed by atoms with Gasteiger partial charge in [-0.3, -0.25) is 9.69 Å². The molecule has 0 radical (unpaired) electrons. The molecule has 0 bridgehead atoms. The van der Waals surface area contributed by atoms with Crippen molar-refractivity contribution in [1.29, 1.82) is 0 Å². The summed E-state index contributed by atoms with van der Waals surface area (Å²) in [7, 11) is 0. The molecule has 0 saturated carbocycles. The van der Waals surface area contributed by atoms with E-state index < -0.39 is 0 Å². The number of carbonyl (C=O) groups is 1. The molecule has 22 heavy (non-hydrogen) atoms. The molecule has 1 aliphatic rings. The van der Waals surface area contributed by atoms with Gasteiger partial charge < -0.3 is 0 Å². The number of thiocarbonyl (C=S) groups is 1. The van der Waals surface area contributed by atoms with Crippen LogP contribution in [0.3, 0.4) is 0 Å². The van der Waals surface area contributed by atoms with Crippen LogP contribution in [-0.4, -0.2) is 10.2 Å². The summed E-state index contributed by atoms with van der Waals surface area (Å²) in [6.45, 7) is 0. The maximum Gasteiger partial charge on any atom is 0.270 e. The lowest BCUT2D eigenvalue weighted by Crippen LogP contribution is -2.27. The van der Waals surface area contributed by atoms with Crippen molar-refractivity contribution >= 4 is 69.2 Å². The molecule has 0 aliphatic carbocycles. The van der Waals surface area contributed by atoms with Gasteiger partial charge in [0.25, 0.3) is 5.91 Å². The van der Waals surface area contributed by atoms with Crippen LogP contribution in [0.2, 0.25) is 10.0 Å². The lowest BCUT2D eigenvalue weighted by Gasteiger charge is -2.15. The summed E-state index contributed by atoms with van der Waals surface area (Å²) in [6, 6.07) is 14.7. The van der Waals surface area contributed by atoms with Gasteiger partial charge in [0.15, 0.2) is 4.32 Å². The molecule has 1 saturated heterocycles. The summed E-state index contributed by atoms with van der Waals surface area (Å²) in [5, 5.41) is 0.830. The first-order valence-corrected chi connectivity index (χ1v) is 8.32. The monoisotopic (exact) mass is 365 g/mol. The fourth-order valence-electron chi connectivity index (χ4n) is 2.02. The van der Waals surface area contributed by atoms with Crippen molar-refractivity contribution in [1.82, 2.24) is 0 Å². The van der Waals surface area contributed by atoms with E-state index in [1.807, 2.05) is 36.4 Å². The third-order valence-electron chi connectivity index (χ3n) is 3.05. The molecular weight excluding hydrogens is 357 g/mol. The molecule has 0 spiro atoms. The van der Waals surface area contributed by atoms with Crippen molar-refractivity contribution in [2.24, 2.45) is 0 Å². The Hall–Kier alpha value is -1.33. The zero-order valence-corrected chi connectivity index (χ0v) is 14.3. The molecule has 0 aromatic heterocycles. The maximum absolute atomic E-state index is 12.6. The second kappa shape index (κ2) is 6.42. The summed E-state index contributed by atoms with van der Waals surface area (Å²) < 4.78 is 0.477. The number of nitrogens with zero attached hydrogens (tertiary/aromatic N) is 1. The average Bonchev–Trinajstić information content (AvgIpc) is 2.78. The highest BCUT2D eigenvalue weighted by atomic mass is 35.5. The number of amides is 1. The fraction of sp³-hybridized carbons (Fsp3) is 0. The van der Waals surface area contributed by atoms with E-state index in [4.69, 9.17) is 35.4 Å². The first-order chi connectivity index (χ1) is 10.6. The summed E-state index contributed by atoms with van der Waals surface area (Å²) >= 11 is 18.5. The minimum Gasteiger partial charge on any atom is -0.268 e. The second-order valence-corrected chi connectivity index (χ2v) is 7.02. The Kier molecular flexibility index (Phi) is 4.54. The number of rotatable bonds is 2. The van der Waals surface area contributed by atoms with Crippen LogP contribution in [0.1, 0.15) is 5.56 Å².